The molecule has 0 aliphatic carbocycles. The van der Waals surface area contributed by atoms with Crippen molar-refractivity contribution in [3.63, 3.8) is 0 Å². The van der Waals surface area contributed by atoms with Gasteiger partial charge >= 0.3 is 5.97 Å². The monoisotopic (exact) mass is 403 g/mol. The molecule has 0 aliphatic heterocycles. The van der Waals surface area contributed by atoms with Gasteiger partial charge in [0.1, 0.15) is 11.4 Å². The summed E-state index contributed by atoms with van der Waals surface area (Å²) in [4.78, 5) is 33.6. The molecule has 0 saturated carbocycles. The van der Waals surface area contributed by atoms with Gasteiger partial charge in [-0.25, -0.2) is 9.78 Å². The number of aryl methyl sites for hydroxylation is 1. The number of carbonyl (C=O) groups is 1. The SMILES string of the molecule is C#CCN(Cc1ccc2nc(C)[nH]c(=O)c2c1)c1ccc(C(=O)OC(C)(C)C)cc1. The molecule has 0 fully saturated rings. The summed E-state index contributed by atoms with van der Waals surface area (Å²) >= 11 is 0. The maximum atomic E-state index is 12.2. The number of hydrogen-bond acceptors (Lipinski definition) is 5. The van der Waals surface area contributed by atoms with Crippen molar-refractivity contribution in [1.29, 1.82) is 0 Å². The van der Waals surface area contributed by atoms with Gasteiger partial charge < -0.3 is 14.6 Å². The third-order valence-corrected chi connectivity index (χ3v) is 4.41. The van der Waals surface area contributed by atoms with Crippen LogP contribution in [0, 0.1) is 19.3 Å². The largest absolute Gasteiger partial charge is 0.456 e. The first-order valence-corrected chi connectivity index (χ1v) is 9.67. The lowest BCUT2D eigenvalue weighted by molar-refractivity contribution is 0.00695. The highest BCUT2D eigenvalue weighted by Gasteiger charge is 2.18. The van der Waals surface area contributed by atoms with Crippen molar-refractivity contribution >= 4 is 22.6 Å². The van der Waals surface area contributed by atoms with Crippen LogP contribution in [0.2, 0.25) is 0 Å². The zero-order valence-corrected chi connectivity index (χ0v) is 17.7. The minimum atomic E-state index is -0.549. The third kappa shape index (κ3) is 5.06. The van der Waals surface area contributed by atoms with Crippen LogP contribution >= 0.6 is 0 Å². The summed E-state index contributed by atoms with van der Waals surface area (Å²) in [6, 6.07) is 12.7. The number of nitrogens with one attached hydrogen (secondary N) is 1. The minimum absolute atomic E-state index is 0.162. The number of aromatic nitrogens is 2. The molecule has 0 amide bonds. The van der Waals surface area contributed by atoms with Gasteiger partial charge in [0, 0.05) is 12.2 Å². The van der Waals surface area contributed by atoms with Gasteiger partial charge in [-0.15, -0.1) is 6.42 Å². The Bertz CT molecular complexity index is 1170. The number of benzene rings is 2. The Kier molecular flexibility index (Phi) is 5.93. The Labute approximate surface area is 175 Å². The molecule has 1 N–H and O–H groups in total. The molecule has 0 saturated heterocycles. The first kappa shape index (κ1) is 21.1. The quantitative estimate of drug-likeness (QED) is 0.518. The van der Waals surface area contributed by atoms with Crippen molar-refractivity contribution in [2.45, 2.75) is 39.8 Å². The smallest absolute Gasteiger partial charge is 0.338 e. The van der Waals surface area contributed by atoms with Gasteiger partial charge in [0.15, 0.2) is 0 Å². The molecule has 0 unspecified atom stereocenters. The zero-order chi connectivity index (χ0) is 21.9. The van der Waals surface area contributed by atoms with Crippen LogP contribution in [-0.4, -0.2) is 28.1 Å². The number of esters is 1. The molecule has 0 bridgehead atoms. The number of ether oxygens (including phenoxy) is 1. The highest BCUT2D eigenvalue weighted by molar-refractivity contribution is 5.90. The molecule has 3 rings (SSSR count). The van der Waals surface area contributed by atoms with Crippen molar-refractivity contribution in [2.75, 3.05) is 11.4 Å². The standard InChI is InChI=1S/C24H25N3O3/c1-6-13-27(19-10-8-18(9-11-19)23(29)30-24(3,4)5)15-17-7-12-21-20(14-17)22(28)26-16(2)25-21/h1,7-12,14H,13,15H2,2-5H3,(H,25,26,28). The number of nitrogens with zero attached hydrogens (tertiary/aromatic N) is 2. The Morgan fingerprint density at radius 3 is 2.53 bits per heavy atom. The van der Waals surface area contributed by atoms with Crippen LogP contribution in [-0.2, 0) is 11.3 Å². The van der Waals surface area contributed by atoms with E-state index >= 15 is 0 Å². The number of carbonyl (C=O) groups excluding carboxylic acids is 1. The molecule has 154 valence electrons. The van der Waals surface area contributed by atoms with E-state index < -0.39 is 5.60 Å². The Morgan fingerprint density at radius 2 is 1.90 bits per heavy atom. The number of terminal acetylenes is 1. The number of hydrogen-bond donors (Lipinski definition) is 1. The molecule has 0 atom stereocenters. The Morgan fingerprint density at radius 1 is 1.20 bits per heavy atom. The first-order chi connectivity index (χ1) is 14.2. The molecule has 1 aromatic heterocycles. The van der Waals surface area contributed by atoms with E-state index in [-0.39, 0.29) is 11.5 Å². The van der Waals surface area contributed by atoms with Gasteiger partial charge in [0.05, 0.1) is 23.0 Å². The number of H-pyrrole nitrogens is 1. The van der Waals surface area contributed by atoms with Crippen LogP contribution < -0.4 is 10.5 Å². The van der Waals surface area contributed by atoms with Gasteiger partial charge in [-0.05, 0) is 69.7 Å². The number of anilines is 1. The summed E-state index contributed by atoms with van der Waals surface area (Å²) in [5, 5.41) is 0.541. The van der Waals surface area contributed by atoms with E-state index in [9.17, 15) is 9.59 Å². The van der Waals surface area contributed by atoms with Crippen molar-refractivity contribution in [2.24, 2.45) is 0 Å². The number of aromatic amines is 1. The number of fused-ring (bicyclic) bond motifs is 1. The van der Waals surface area contributed by atoms with Gasteiger partial charge in [-0.1, -0.05) is 12.0 Å². The fourth-order valence-corrected chi connectivity index (χ4v) is 3.12. The molecule has 1 heterocycles. The molecular weight excluding hydrogens is 378 g/mol. The maximum Gasteiger partial charge on any atom is 0.338 e. The van der Waals surface area contributed by atoms with E-state index in [4.69, 9.17) is 11.2 Å². The van der Waals surface area contributed by atoms with Gasteiger partial charge in [-0.3, -0.25) is 4.79 Å². The molecule has 0 spiro atoms. The Balaban J connectivity index is 1.84. The van der Waals surface area contributed by atoms with Crippen molar-refractivity contribution in [3.8, 4) is 12.3 Å². The van der Waals surface area contributed by atoms with E-state index in [0.717, 1.165) is 11.3 Å². The summed E-state index contributed by atoms with van der Waals surface area (Å²) < 4.78 is 5.40. The normalized spacial score (nSPS) is 11.2. The predicted molar refractivity (Wildman–Crippen MR) is 119 cm³/mol. The second kappa shape index (κ2) is 8.42. The summed E-state index contributed by atoms with van der Waals surface area (Å²) in [7, 11) is 0. The molecule has 2 aromatic carbocycles. The summed E-state index contributed by atoms with van der Waals surface area (Å²) in [5.41, 5.74) is 2.23. The van der Waals surface area contributed by atoms with Crippen LogP contribution in [0.25, 0.3) is 10.9 Å². The van der Waals surface area contributed by atoms with Crippen LogP contribution in [0.15, 0.2) is 47.3 Å². The van der Waals surface area contributed by atoms with E-state index in [1.54, 1.807) is 19.1 Å². The van der Waals surface area contributed by atoms with Gasteiger partial charge in [0.2, 0.25) is 0 Å². The molecular formula is C24H25N3O3. The third-order valence-electron chi connectivity index (χ3n) is 4.41. The van der Waals surface area contributed by atoms with E-state index in [1.165, 1.54) is 0 Å². The maximum absolute atomic E-state index is 12.2. The molecule has 6 nitrogen and oxygen atoms in total. The van der Waals surface area contributed by atoms with Crippen molar-refractivity contribution in [1.82, 2.24) is 9.97 Å². The summed E-state index contributed by atoms with van der Waals surface area (Å²) in [6.45, 7) is 8.15. The lowest BCUT2D eigenvalue weighted by Gasteiger charge is -2.23. The molecule has 30 heavy (non-hydrogen) atoms. The predicted octanol–water partition coefficient (Wildman–Crippen LogP) is 3.83. The molecule has 0 radical (unpaired) electrons. The summed E-state index contributed by atoms with van der Waals surface area (Å²) in [5.74, 6) is 2.88. The highest BCUT2D eigenvalue weighted by atomic mass is 16.6. The van der Waals surface area contributed by atoms with E-state index in [0.29, 0.717) is 35.4 Å². The van der Waals surface area contributed by atoms with E-state index in [2.05, 4.69) is 15.9 Å². The second-order valence-corrected chi connectivity index (χ2v) is 8.11. The van der Waals surface area contributed by atoms with E-state index in [1.807, 2.05) is 56.0 Å². The summed E-state index contributed by atoms with van der Waals surface area (Å²) in [6.07, 6.45) is 5.57. The highest BCUT2D eigenvalue weighted by Crippen LogP contribution is 2.21. The fraction of sp³-hybridized carbons (Fsp3) is 0.292. The number of rotatable bonds is 5. The molecule has 0 aliphatic rings. The van der Waals surface area contributed by atoms with Gasteiger partial charge in [-0.2, -0.15) is 0 Å². The van der Waals surface area contributed by atoms with Crippen LogP contribution in [0.4, 0.5) is 5.69 Å². The van der Waals surface area contributed by atoms with Crippen molar-refractivity contribution < 1.29 is 9.53 Å². The lowest BCUT2D eigenvalue weighted by Crippen LogP contribution is -2.24. The topological polar surface area (TPSA) is 75.3 Å². The molecule has 6 heteroatoms. The second-order valence-electron chi connectivity index (χ2n) is 8.11. The van der Waals surface area contributed by atoms with Crippen LogP contribution in [0.3, 0.4) is 0 Å². The van der Waals surface area contributed by atoms with Crippen LogP contribution in [0.5, 0.6) is 0 Å². The first-order valence-electron chi connectivity index (χ1n) is 9.67. The Hall–Kier alpha value is -3.59. The lowest BCUT2D eigenvalue weighted by atomic mass is 10.1. The van der Waals surface area contributed by atoms with Gasteiger partial charge in [0.25, 0.3) is 5.56 Å². The zero-order valence-electron chi connectivity index (χ0n) is 17.7. The van der Waals surface area contributed by atoms with Crippen molar-refractivity contribution in [3.05, 3.63) is 69.8 Å². The van der Waals surface area contributed by atoms with Crippen LogP contribution in [0.1, 0.15) is 42.5 Å². The fourth-order valence-electron chi connectivity index (χ4n) is 3.12. The minimum Gasteiger partial charge on any atom is -0.456 e. The average Bonchev–Trinajstić information content (AvgIpc) is 2.67. The molecule has 3 aromatic rings. The average molecular weight is 403 g/mol.